The van der Waals surface area contributed by atoms with E-state index in [0.717, 1.165) is 5.56 Å². The summed E-state index contributed by atoms with van der Waals surface area (Å²) in [5, 5.41) is 13.2. The maximum absolute atomic E-state index is 14.4. The van der Waals surface area contributed by atoms with Gasteiger partial charge in [-0.25, -0.2) is 9.37 Å². The zero-order valence-corrected chi connectivity index (χ0v) is 16.0. The van der Waals surface area contributed by atoms with Crippen LogP contribution in [0.4, 0.5) is 22.0 Å². The van der Waals surface area contributed by atoms with Gasteiger partial charge >= 0.3 is 0 Å². The predicted molar refractivity (Wildman–Crippen MR) is 113 cm³/mol. The summed E-state index contributed by atoms with van der Waals surface area (Å²) < 4.78 is 14.4. The number of benzene rings is 1. The second-order valence-electron chi connectivity index (χ2n) is 6.62. The Kier molecular flexibility index (Phi) is 4.82. The van der Waals surface area contributed by atoms with E-state index < -0.39 is 5.82 Å². The van der Waals surface area contributed by atoms with Crippen LogP contribution in [0.2, 0.25) is 0 Å². The summed E-state index contributed by atoms with van der Waals surface area (Å²) in [6.07, 6.45) is 1.64. The summed E-state index contributed by atoms with van der Waals surface area (Å²) in [6, 6.07) is 13.6. The molecule has 8 nitrogen and oxygen atoms in total. The molecule has 0 bridgehead atoms. The molecule has 0 radical (unpaired) electrons. The topological polar surface area (TPSA) is 139 Å². The van der Waals surface area contributed by atoms with Gasteiger partial charge in [-0.1, -0.05) is 18.2 Å². The molecule has 1 aromatic carbocycles. The van der Waals surface area contributed by atoms with Crippen LogP contribution in [0.15, 0.2) is 48.7 Å². The molecular weight excluding hydrogens is 383 g/mol. The lowest BCUT2D eigenvalue weighted by atomic mass is 10.0. The molecule has 1 atom stereocenters. The van der Waals surface area contributed by atoms with Gasteiger partial charge in [0.15, 0.2) is 5.82 Å². The number of nitrogens with zero attached hydrogens (tertiary/aromatic N) is 5. The van der Waals surface area contributed by atoms with Gasteiger partial charge in [-0.2, -0.15) is 15.2 Å². The summed E-state index contributed by atoms with van der Waals surface area (Å²) in [5.74, 6) is -0.269. The van der Waals surface area contributed by atoms with Crippen LogP contribution in [-0.2, 0) is 0 Å². The first-order chi connectivity index (χ1) is 14.5. The Labute approximate surface area is 171 Å². The van der Waals surface area contributed by atoms with Crippen molar-refractivity contribution in [2.24, 2.45) is 0 Å². The van der Waals surface area contributed by atoms with Gasteiger partial charge in [-0.15, -0.1) is 0 Å². The Hall–Kier alpha value is -4.32. The summed E-state index contributed by atoms with van der Waals surface area (Å²) >= 11 is 0. The molecule has 0 fully saturated rings. The van der Waals surface area contributed by atoms with Gasteiger partial charge < -0.3 is 16.8 Å². The zero-order valence-electron chi connectivity index (χ0n) is 16.0. The van der Waals surface area contributed by atoms with Gasteiger partial charge in [0, 0.05) is 17.1 Å². The molecule has 4 aromatic rings. The predicted octanol–water partition coefficient (Wildman–Crippen LogP) is 3.44. The molecular formula is C21H17FN8. The number of aromatic nitrogens is 4. The Morgan fingerprint density at radius 2 is 1.93 bits per heavy atom. The summed E-state index contributed by atoms with van der Waals surface area (Å²) in [7, 11) is 0. The van der Waals surface area contributed by atoms with Crippen molar-refractivity contribution >= 4 is 28.5 Å². The fourth-order valence-corrected chi connectivity index (χ4v) is 3.21. The third-order valence-corrected chi connectivity index (χ3v) is 4.62. The van der Waals surface area contributed by atoms with Gasteiger partial charge in [-0.3, -0.25) is 4.98 Å². The summed E-state index contributed by atoms with van der Waals surface area (Å²) in [4.78, 5) is 16.9. The van der Waals surface area contributed by atoms with Crippen molar-refractivity contribution < 1.29 is 4.39 Å². The highest BCUT2D eigenvalue weighted by atomic mass is 19.1. The molecule has 5 N–H and O–H groups in total. The molecule has 0 unspecified atom stereocenters. The number of hydrogen-bond acceptors (Lipinski definition) is 8. The van der Waals surface area contributed by atoms with Crippen LogP contribution in [0.5, 0.6) is 0 Å². The van der Waals surface area contributed by atoms with Crippen molar-refractivity contribution in [3.05, 3.63) is 65.6 Å². The number of nitrogens with one attached hydrogen (secondary N) is 1. The molecule has 0 saturated heterocycles. The van der Waals surface area contributed by atoms with Crippen LogP contribution in [0.25, 0.3) is 22.3 Å². The van der Waals surface area contributed by atoms with E-state index in [1.165, 1.54) is 6.07 Å². The molecule has 0 spiro atoms. The van der Waals surface area contributed by atoms with Crippen LogP contribution >= 0.6 is 0 Å². The summed E-state index contributed by atoms with van der Waals surface area (Å²) in [5.41, 5.74) is 13.7. The number of halogens is 1. The number of fused-ring (bicyclic) bond motifs is 1. The average molecular weight is 400 g/mol. The Bertz CT molecular complexity index is 1280. The van der Waals surface area contributed by atoms with E-state index >= 15 is 0 Å². The van der Waals surface area contributed by atoms with Gasteiger partial charge in [0.2, 0.25) is 5.95 Å². The van der Waals surface area contributed by atoms with E-state index in [4.69, 9.17) is 11.5 Å². The van der Waals surface area contributed by atoms with Crippen LogP contribution in [0, 0.1) is 17.1 Å². The van der Waals surface area contributed by atoms with Crippen LogP contribution in [0.1, 0.15) is 24.1 Å². The normalized spacial score (nSPS) is 11.8. The molecule has 148 valence electrons. The number of pyridine rings is 2. The lowest BCUT2D eigenvalue weighted by Crippen LogP contribution is -2.14. The highest BCUT2D eigenvalue weighted by Gasteiger charge is 2.20. The van der Waals surface area contributed by atoms with Gasteiger partial charge in [0.05, 0.1) is 17.4 Å². The Morgan fingerprint density at radius 3 is 2.67 bits per heavy atom. The van der Waals surface area contributed by atoms with Crippen molar-refractivity contribution in [1.29, 1.82) is 5.26 Å². The number of hydrogen-bond donors (Lipinski definition) is 3. The van der Waals surface area contributed by atoms with Crippen LogP contribution in [-0.4, -0.2) is 19.9 Å². The van der Waals surface area contributed by atoms with Crippen molar-refractivity contribution in [2.45, 2.75) is 13.0 Å². The number of para-hydroxylation sites is 1. The number of nitriles is 1. The van der Waals surface area contributed by atoms with Crippen molar-refractivity contribution in [3.63, 3.8) is 0 Å². The minimum Gasteiger partial charge on any atom is -0.382 e. The fourth-order valence-electron chi connectivity index (χ4n) is 3.21. The van der Waals surface area contributed by atoms with Crippen molar-refractivity contribution in [2.75, 3.05) is 16.8 Å². The molecule has 3 heterocycles. The van der Waals surface area contributed by atoms with Crippen LogP contribution in [0.3, 0.4) is 0 Å². The second-order valence-corrected chi connectivity index (χ2v) is 6.62. The van der Waals surface area contributed by atoms with Gasteiger partial charge in [0.1, 0.15) is 28.8 Å². The van der Waals surface area contributed by atoms with Gasteiger partial charge in [0.25, 0.3) is 0 Å². The van der Waals surface area contributed by atoms with E-state index in [9.17, 15) is 9.65 Å². The maximum Gasteiger partial charge on any atom is 0.224 e. The van der Waals surface area contributed by atoms with E-state index in [-0.39, 0.29) is 34.7 Å². The summed E-state index contributed by atoms with van der Waals surface area (Å²) in [6.45, 7) is 1.87. The highest BCUT2D eigenvalue weighted by molar-refractivity contribution is 5.84. The number of nitrogen functional groups attached to an aromatic ring is 2. The quantitative estimate of drug-likeness (QED) is 0.473. The molecule has 3 aromatic heterocycles. The highest BCUT2D eigenvalue weighted by Crippen LogP contribution is 2.32. The molecule has 9 heteroatoms. The van der Waals surface area contributed by atoms with E-state index in [0.29, 0.717) is 16.8 Å². The Morgan fingerprint density at radius 1 is 1.10 bits per heavy atom. The zero-order chi connectivity index (χ0) is 21.3. The Balaban J connectivity index is 1.87. The molecule has 0 aliphatic carbocycles. The smallest absolute Gasteiger partial charge is 0.224 e. The van der Waals surface area contributed by atoms with Crippen molar-refractivity contribution in [3.8, 4) is 17.5 Å². The molecule has 30 heavy (non-hydrogen) atoms. The fraction of sp³-hybridized carbons (Fsp3) is 0.0952. The van der Waals surface area contributed by atoms with E-state index in [1.807, 2.05) is 25.1 Å². The molecule has 0 amide bonds. The monoisotopic (exact) mass is 400 g/mol. The largest absolute Gasteiger partial charge is 0.382 e. The second kappa shape index (κ2) is 7.60. The minimum absolute atomic E-state index is 0.0108. The van der Waals surface area contributed by atoms with Crippen LogP contribution < -0.4 is 16.8 Å². The lowest BCUT2D eigenvalue weighted by Gasteiger charge is -2.20. The maximum atomic E-state index is 14.4. The van der Waals surface area contributed by atoms with Gasteiger partial charge in [-0.05, 0) is 31.2 Å². The van der Waals surface area contributed by atoms with E-state index in [2.05, 4.69) is 25.3 Å². The first kappa shape index (κ1) is 19.0. The molecule has 0 saturated carbocycles. The first-order valence-corrected chi connectivity index (χ1v) is 9.08. The molecule has 0 aliphatic rings. The van der Waals surface area contributed by atoms with E-state index in [1.54, 1.807) is 30.5 Å². The van der Waals surface area contributed by atoms with Crippen molar-refractivity contribution in [1.82, 2.24) is 19.9 Å². The third kappa shape index (κ3) is 3.42. The minimum atomic E-state index is -0.417. The third-order valence-electron chi connectivity index (χ3n) is 4.62. The first-order valence-electron chi connectivity index (χ1n) is 9.08. The lowest BCUT2D eigenvalue weighted by molar-refractivity contribution is 0.636. The SMILES string of the molecule is C[C@H](Nc1nc(N)nc(N)c1C#N)c1cc2cccc(F)c2nc1-c1ccccn1. The number of nitrogens with two attached hydrogens (primary N) is 2. The standard InChI is InChI=1S/C21H17FN8/c1-11(27-20-14(10-23)19(24)29-21(25)30-20)13-9-12-5-4-6-15(22)17(12)28-18(13)16-7-2-3-8-26-16/h2-9,11H,1H3,(H5,24,25,27,29,30)/t11-/m0/s1. The molecule has 4 rings (SSSR count). The average Bonchev–Trinajstić information content (AvgIpc) is 2.73. The molecule has 0 aliphatic heterocycles. The number of rotatable bonds is 4. The number of anilines is 3.